The van der Waals surface area contributed by atoms with Gasteiger partial charge in [-0.1, -0.05) is 27.5 Å². The minimum Gasteiger partial charge on any atom is -0.388 e. The Labute approximate surface area is 138 Å². The lowest BCUT2D eigenvalue weighted by Gasteiger charge is -2.14. The number of rotatable bonds is 3. The van der Waals surface area contributed by atoms with Crippen molar-refractivity contribution >= 4 is 50.1 Å². The van der Waals surface area contributed by atoms with Crippen molar-refractivity contribution in [2.75, 3.05) is 0 Å². The van der Waals surface area contributed by atoms with Crippen LogP contribution < -0.4 is 0 Å². The summed E-state index contributed by atoms with van der Waals surface area (Å²) in [4.78, 5) is 0. The van der Waals surface area contributed by atoms with Crippen LogP contribution in [0.2, 0.25) is 5.02 Å². The molecule has 0 spiro atoms. The van der Waals surface area contributed by atoms with Crippen molar-refractivity contribution in [1.29, 1.82) is 0 Å². The fourth-order valence-electron chi connectivity index (χ4n) is 1.79. The van der Waals surface area contributed by atoms with Crippen LogP contribution >= 0.6 is 50.1 Å². The molecule has 0 aliphatic carbocycles. The number of aliphatic hydroxyl groups is 1. The molecular formula is C14H10BrClFIO. The van der Waals surface area contributed by atoms with Crippen LogP contribution in [-0.4, -0.2) is 5.11 Å². The lowest BCUT2D eigenvalue weighted by atomic mass is 10.0. The highest BCUT2D eigenvalue weighted by Gasteiger charge is 2.15. The van der Waals surface area contributed by atoms with Crippen molar-refractivity contribution in [2.24, 2.45) is 0 Å². The topological polar surface area (TPSA) is 20.2 Å². The Kier molecular flexibility index (Phi) is 5.22. The summed E-state index contributed by atoms with van der Waals surface area (Å²) >= 11 is 11.4. The standard InChI is InChI=1S/C14H10BrClFIO/c15-9-1-3-12(17)8(5-9)6-14(19)11-7-10(16)2-4-13(11)18/h1-5,7,14,19H,6H2. The molecule has 19 heavy (non-hydrogen) atoms. The summed E-state index contributed by atoms with van der Waals surface area (Å²) in [6.07, 6.45) is -0.573. The Morgan fingerprint density at radius 1 is 1.26 bits per heavy atom. The smallest absolute Gasteiger partial charge is 0.126 e. The van der Waals surface area contributed by atoms with Gasteiger partial charge in [0.15, 0.2) is 0 Å². The molecule has 1 atom stereocenters. The van der Waals surface area contributed by atoms with Gasteiger partial charge in [0.25, 0.3) is 0 Å². The fourth-order valence-corrected chi connectivity index (χ4v) is 3.07. The minimum atomic E-state index is -0.783. The first-order valence-corrected chi connectivity index (χ1v) is 7.79. The Hall–Kier alpha value is -0.170. The van der Waals surface area contributed by atoms with E-state index in [4.69, 9.17) is 11.6 Å². The van der Waals surface area contributed by atoms with Gasteiger partial charge >= 0.3 is 0 Å². The second-order valence-corrected chi connectivity index (χ2v) is 6.64. The summed E-state index contributed by atoms with van der Waals surface area (Å²) in [5.74, 6) is -0.320. The molecule has 2 aromatic carbocycles. The van der Waals surface area contributed by atoms with Crippen molar-refractivity contribution in [3.05, 3.63) is 66.4 Å². The second kappa shape index (κ2) is 6.52. The molecule has 0 fully saturated rings. The zero-order valence-electron chi connectivity index (χ0n) is 9.71. The maximum Gasteiger partial charge on any atom is 0.126 e. The Morgan fingerprint density at radius 2 is 2.00 bits per heavy atom. The molecule has 1 nitrogen and oxygen atoms in total. The molecule has 0 saturated carbocycles. The van der Waals surface area contributed by atoms with Crippen molar-refractivity contribution in [2.45, 2.75) is 12.5 Å². The third kappa shape index (κ3) is 3.90. The van der Waals surface area contributed by atoms with Gasteiger partial charge in [0.2, 0.25) is 0 Å². The third-order valence-electron chi connectivity index (χ3n) is 2.74. The number of hydrogen-bond acceptors (Lipinski definition) is 1. The van der Waals surface area contributed by atoms with Gasteiger partial charge in [0.05, 0.1) is 6.10 Å². The third-order valence-corrected chi connectivity index (χ3v) is 4.45. The van der Waals surface area contributed by atoms with E-state index >= 15 is 0 Å². The minimum absolute atomic E-state index is 0.210. The Balaban J connectivity index is 2.27. The van der Waals surface area contributed by atoms with Crippen LogP contribution in [0.4, 0.5) is 4.39 Å². The predicted molar refractivity (Wildman–Crippen MR) is 86.9 cm³/mol. The second-order valence-electron chi connectivity index (χ2n) is 4.12. The molecule has 0 amide bonds. The van der Waals surface area contributed by atoms with E-state index in [1.165, 1.54) is 6.07 Å². The number of halogens is 4. The zero-order chi connectivity index (χ0) is 14.0. The summed E-state index contributed by atoms with van der Waals surface area (Å²) in [5, 5.41) is 10.8. The lowest BCUT2D eigenvalue weighted by molar-refractivity contribution is 0.176. The molecule has 100 valence electrons. The summed E-state index contributed by atoms with van der Waals surface area (Å²) in [6, 6.07) is 10.0. The maximum atomic E-state index is 13.7. The zero-order valence-corrected chi connectivity index (χ0v) is 14.2. The number of aliphatic hydroxyl groups excluding tert-OH is 1. The molecule has 1 unspecified atom stereocenters. The molecule has 5 heteroatoms. The molecule has 2 aromatic rings. The highest BCUT2D eigenvalue weighted by atomic mass is 127. The van der Waals surface area contributed by atoms with Crippen LogP contribution in [-0.2, 0) is 6.42 Å². The van der Waals surface area contributed by atoms with Crippen molar-refractivity contribution in [3.8, 4) is 0 Å². The molecule has 0 bridgehead atoms. The highest BCUT2D eigenvalue weighted by Crippen LogP contribution is 2.28. The summed E-state index contributed by atoms with van der Waals surface area (Å²) in [7, 11) is 0. The van der Waals surface area contributed by atoms with E-state index in [-0.39, 0.29) is 12.2 Å². The molecule has 1 N–H and O–H groups in total. The monoisotopic (exact) mass is 454 g/mol. The highest BCUT2D eigenvalue weighted by molar-refractivity contribution is 14.1. The van der Waals surface area contributed by atoms with Crippen LogP contribution in [0.5, 0.6) is 0 Å². The van der Waals surface area contributed by atoms with Gasteiger partial charge in [-0.15, -0.1) is 0 Å². The van der Waals surface area contributed by atoms with Crippen molar-refractivity contribution in [1.82, 2.24) is 0 Å². The molecular weight excluding hydrogens is 445 g/mol. The van der Waals surface area contributed by atoms with E-state index in [2.05, 4.69) is 38.5 Å². The number of hydrogen-bond donors (Lipinski definition) is 1. The van der Waals surface area contributed by atoms with Crippen LogP contribution in [0.15, 0.2) is 40.9 Å². The van der Waals surface area contributed by atoms with Gasteiger partial charge < -0.3 is 5.11 Å². The largest absolute Gasteiger partial charge is 0.388 e. The maximum absolute atomic E-state index is 13.7. The normalized spacial score (nSPS) is 12.5. The lowest BCUT2D eigenvalue weighted by Crippen LogP contribution is -2.05. The van der Waals surface area contributed by atoms with E-state index in [9.17, 15) is 9.50 Å². The van der Waals surface area contributed by atoms with Crippen molar-refractivity contribution < 1.29 is 9.50 Å². The Morgan fingerprint density at radius 3 is 2.74 bits per heavy atom. The first-order chi connectivity index (χ1) is 8.97. The summed E-state index contributed by atoms with van der Waals surface area (Å²) in [5.41, 5.74) is 1.19. The van der Waals surface area contributed by atoms with E-state index < -0.39 is 6.10 Å². The first kappa shape index (κ1) is 15.2. The van der Waals surface area contributed by atoms with Crippen LogP contribution in [0, 0.1) is 9.39 Å². The first-order valence-electron chi connectivity index (χ1n) is 5.54. The van der Waals surface area contributed by atoms with Gasteiger partial charge in [0, 0.05) is 19.5 Å². The van der Waals surface area contributed by atoms with Crippen LogP contribution in [0.1, 0.15) is 17.2 Å². The molecule has 0 saturated heterocycles. The van der Waals surface area contributed by atoms with Gasteiger partial charge in [-0.05, 0) is 70.1 Å². The molecule has 2 rings (SSSR count). The van der Waals surface area contributed by atoms with Gasteiger partial charge in [-0.3, -0.25) is 0 Å². The van der Waals surface area contributed by atoms with E-state index in [1.807, 2.05) is 6.07 Å². The fraction of sp³-hybridized carbons (Fsp3) is 0.143. The molecule has 0 aliphatic rings. The van der Waals surface area contributed by atoms with Crippen LogP contribution in [0.3, 0.4) is 0 Å². The SMILES string of the molecule is OC(Cc1cc(Br)ccc1F)c1cc(Cl)ccc1I. The van der Waals surface area contributed by atoms with Crippen LogP contribution in [0.25, 0.3) is 0 Å². The van der Waals surface area contributed by atoms with Crippen molar-refractivity contribution in [3.63, 3.8) is 0 Å². The average Bonchev–Trinajstić information content (AvgIpc) is 2.36. The van der Waals surface area contributed by atoms with E-state index in [0.717, 1.165) is 8.04 Å². The molecule has 0 heterocycles. The van der Waals surface area contributed by atoms with Gasteiger partial charge in [-0.25, -0.2) is 4.39 Å². The Bertz CT molecular complexity index is 606. The number of benzene rings is 2. The summed E-state index contributed by atoms with van der Waals surface area (Å²) in [6.45, 7) is 0. The average molecular weight is 455 g/mol. The van der Waals surface area contributed by atoms with Gasteiger partial charge in [0.1, 0.15) is 5.82 Å². The molecule has 0 aromatic heterocycles. The summed E-state index contributed by atoms with van der Waals surface area (Å²) < 4.78 is 15.4. The quantitative estimate of drug-likeness (QED) is 0.637. The predicted octanol–water partition coefficient (Wildman–Crippen LogP) is 5.12. The van der Waals surface area contributed by atoms with Gasteiger partial charge in [-0.2, -0.15) is 0 Å². The molecule has 0 radical (unpaired) electrons. The molecule has 0 aliphatic heterocycles. The van der Waals surface area contributed by atoms with E-state index in [1.54, 1.807) is 24.3 Å². The van der Waals surface area contributed by atoms with E-state index in [0.29, 0.717) is 16.1 Å².